The van der Waals surface area contributed by atoms with E-state index in [1.807, 2.05) is 34.5 Å². The lowest BCUT2D eigenvalue weighted by molar-refractivity contribution is 0.166. The predicted octanol–water partition coefficient (Wildman–Crippen LogP) is 3.33. The summed E-state index contributed by atoms with van der Waals surface area (Å²) in [4.78, 5) is 17.3. The van der Waals surface area contributed by atoms with Gasteiger partial charge in [0.05, 0.1) is 18.6 Å². The van der Waals surface area contributed by atoms with E-state index in [-0.39, 0.29) is 6.03 Å². The molecule has 4 aromatic rings. The predicted molar refractivity (Wildman–Crippen MR) is 106 cm³/mol. The Hall–Kier alpha value is -3.00. The van der Waals surface area contributed by atoms with Crippen molar-refractivity contribution in [2.75, 3.05) is 14.1 Å². The average molecular weight is 380 g/mol. The van der Waals surface area contributed by atoms with Crippen molar-refractivity contribution in [3.8, 4) is 0 Å². The van der Waals surface area contributed by atoms with Crippen LogP contribution in [0.3, 0.4) is 0 Å². The molecule has 0 aliphatic heterocycles. The van der Waals surface area contributed by atoms with Gasteiger partial charge in [0.1, 0.15) is 0 Å². The first-order chi connectivity index (χ1) is 13.0. The van der Waals surface area contributed by atoms with Crippen molar-refractivity contribution in [2.45, 2.75) is 20.0 Å². The summed E-state index contributed by atoms with van der Waals surface area (Å²) in [6, 6.07) is 12.2. The molecule has 3 aromatic heterocycles. The lowest BCUT2D eigenvalue weighted by Crippen LogP contribution is -2.38. The summed E-state index contributed by atoms with van der Waals surface area (Å²) < 4.78 is 1.74. The van der Waals surface area contributed by atoms with Crippen molar-refractivity contribution in [3.63, 3.8) is 0 Å². The van der Waals surface area contributed by atoms with Gasteiger partial charge in [0.15, 0.2) is 5.65 Å². The lowest BCUT2D eigenvalue weighted by atomic mass is 10.1. The number of fused-ring (bicyclic) bond motifs is 3. The van der Waals surface area contributed by atoms with Crippen molar-refractivity contribution in [1.29, 1.82) is 0 Å². The van der Waals surface area contributed by atoms with Crippen LogP contribution in [-0.2, 0) is 13.1 Å². The van der Waals surface area contributed by atoms with E-state index >= 15 is 0 Å². The first kappa shape index (κ1) is 17.4. The van der Waals surface area contributed by atoms with E-state index in [4.69, 9.17) is 0 Å². The Balaban J connectivity index is 1.78. The quantitative estimate of drug-likeness (QED) is 0.545. The average Bonchev–Trinajstić information content (AvgIpc) is 3.32. The van der Waals surface area contributed by atoms with E-state index in [9.17, 15) is 4.79 Å². The molecule has 4 rings (SSSR count). The Morgan fingerprint density at radius 3 is 2.78 bits per heavy atom. The van der Waals surface area contributed by atoms with E-state index in [1.54, 1.807) is 34.8 Å². The number of hydrogen-bond acceptors (Lipinski definition) is 5. The fraction of sp³-hybridized carbons (Fsp3) is 0.263. The fourth-order valence-corrected chi connectivity index (χ4v) is 3.89. The molecule has 0 spiro atoms. The molecule has 0 saturated heterocycles. The van der Waals surface area contributed by atoms with Crippen LogP contribution in [0.1, 0.15) is 16.0 Å². The highest BCUT2D eigenvalue weighted by molar-refractivity contribution is 7.09. The standard InChI is InChI=1S/C19H20N6OS/c1-13-6-7-17-14(9-13)10-15(18-20-21-22-25(17)18)11-24(19(26)23(2)3)12-16-5-4-8-27-16/h4-10H,11-12H2,1-3H3. The molecule has 2 amide bonds. The summed E-state index contributed by atoms with van der Waals surface area (Å²) in [7, 11) is 3.53. The molecule has 27 heavy (non-hydrogen) atoms. The number of amides is 2. The molecule has 1 aromatic carbocycles. The lowest BCUT2D eigenvalue weighted by Gasteiger charge is -2.26. The van der Waals surface area contributed by atoms with Crippen LogP contribution < -0.4 is 0 Å². The molecule has 0 aliphatic carbocycles. The Bertz CT molecular complexity index is 1100. The molecule has 0 atom stereocenters. The minimum Gasteiger partial charge on any atom is -0.331 e. The number of nitrogens with zero attached hydrogens (tertiary/aromatic N) is 6. The Kier molecular flexibility index (Phi) is 4.49. The van der Waals surface area contributed by atoms with Gasteiger partial charge in [0, 0.05) is 29.9 Å². The normalized spacial score (nSPS) is 11.2. The first-order valence-electron chi connectivity index (χ1n) is 8.62. The van der Waals surface area contributed by atoms with Gasteiger partial charge in [-0.1, -0.05) is 17.7 Å². The van der Waals surface area contributed by atoms with Gasteiger partial charge in [-0.05, 0) is 47.0 Å². The number of rotatable bonds is 4. The van der Waals surface area contributed by atoms with Crippen LogP contribution in [0.5, 0.6) is 0 Å². The molecule has 138 valence electrons. The Labute approximate surface area is 160 Å². The molecule has 0 unspecified atom stereocenters. The molecule has 0 radical (unpaired) electrons. The van der Waals surface area contributed by atoms with Gasteiger partial charge in [0.2, 0.25) is 0 Å². The van der Waals surface area contributed by atoms with Crippen molar-refractivity contribution in [3.05, 3.63) is 57.8 Å². The number of tetrazole rings is 1. The SMILES string of the molecule is Cc1ccc2c(c1)cc(CN(Cc1cccs1)C(=O)N(C)C)c1nnnn12. The summed E-state index contributed by atoms with van der Waals surface area (Å²) in [6.07, 6.45) is 0. The van der Waals surface area contributed by atoms with Crippen molar-refractivity contribution in [1.82, 2.24) is 29.8 Å². The second-order valence-corrected chi connectivity index (χ2v) is 7.79. The minimum absolute atomic E-state index is 0.0432. The molecular weight excluding hydrogens is 360 g/mol. The van der Waals surface area contributed by atoms with Gasteiger partial charge in [-0.15, -0.1) is 16.4 Å². The second-order valence-electron chi connectivity index (χ2n) is 6.76. The number of urea groups is 1. The van der Waals surface area contributed by atoms with Crippen LogP contribution in [0.15, 0.2) is 41.8 Å². The Morgan fingerprint density at radius 1 is 1.19 bits per heavy atom. The van der Waals surface area contributed by atoms with Crippen LogP contribution in [0.2, 0.25) is 0 Å². The molecule has 3 heterocycles. The number of aromatic nitrogens is 4. The summed E-state index contributed by atoms with van der Waals surface area (Å²) in [5.41, 5.74) is 3.72. The van der Waals surface area contributed by atoms with Gasteiger partial charge in [-0.3, -0.25) is 0 Å². The zero-order valence-electron chi connectivity index (χ0n) is 15.5. The number of aryl methyl sites for hydroxylation is 1. The molecule has 0 N–H and O–H groups in total. The largest absolute Gasteiger partial charge is 0.331 e. The number of pyridine rings is 1. The summed E-state index contributed by atoms with van der Waals surface area (Å²) in [5.74, 6) is 0. The molecule has 0 fully saturated rings. The highest BCUT2D eigenvalue weighted by atomic mass is 32.1. The molecule has 8 heteroatoms. The number of carbonyl (C=O) groups excluding carboxylic acids is 1. The highest BCUT2D eigenvalue weighted by Crippen LogP contribution is 2.23. The van der Waals surface area contributed by atoms with Gasteiger partial charge in [-0.25, -0.2) is 4.79 Å². The van der Waals surface area contributed by atoms with Gasteiger partial charge in [-0.2, -0.15) is 4.52 Å². The van der Waals surface area contributed by atoms with Crippen LogP contribution in [0.4, 0.5) is 4.79 Å². The van der Waals surface area contributed by atoms with E-state index in [0.717, 1.165) is 21.3 Å². The third-order valence-corrected chi connectivity index (χ3v) is 5.30. The van der Waals surface area contributed by atoms with E-state index in [2.05, 4.69) is 34.6 Å². The topological polar surface area (TPSA) is 66.6 Å². The molecule has 7 nitrogen and oxygen atoms in total. The van der Waals surface area contributed by atoms with Crippen LogP contribution in [0.25, 0.3) is 16.6 Å². The van der Waals surface area contributed by atoms with E-state index in [1.165, 1.54) is 5.56 Å². The second kappa shape index (κ2) is 6.96. The van der Waals surface area contributed by atoms with E-state index in [0.29, 0.717) is 18.7 Å². The maximum Gasteiger partial charge on any atom is 0.320 e. The highest BCUT2D eigenvalue weighted by Gasteiger charge is 2.20. The van der Waals surface area contributed by atoms with Crippen LogP contribution in [-0.4, -0.2) is 50.0 Å². The van der Waals surface area contributed by atoms with Gasteiger partial charge < -0.3 is 9.80 Å². The zero-order chi connectivity index (χ0) is 19.0. The Morgan fingerprint density at radius 2 is 2.04 bits per heavy atom. The van der Waals surface area contributed by atoms with Crippen LogP contribution in [0, 0.1) is 6.92 Å². The van der Waals surface area contributed by atoms with Crippen molar-refractivity contribution >= 4 is 33.9 Å². The van der Waals surface area contributed by atoms with Gasteiger partial charge >= 0.3 is 6.03 Å². The maximum absolute atomic E-state index is 12.8. The first-order valence-corrected chi connectivity index (χ1v) is 9.50. The van der Waals surface area contributed by atoms with Crippen molar-refractivity contribution < 1.29 is 4.79 Å². The van der Waals surface area contributed by atoms with Crippen molar-refractivity contribution in [2.24, 2.45) is 0 Å². The maximum atomic E-state index is 12.8. The molecule has 0 saturated carbocycles. The number of thiophene rings is 1. The van der Waals surface area contributed by atoms with Crippen LogP contribution >= 0.6 is 11.3 Å². The van der Waals surface area contributed by atoms with E-state index < -0.39 is 0 Å². The number of hydrogen-bond donors (Lipinski definition) is 0. The zero-order valence-corrected chi connectivity index (χ0v) is 16.3. The number of benzene rings is 1. The molecular formula is C19H20N6OS. The molecule has 0 aliphatic rings. The smallest absolute Gasteiger partial charge is 0.320 e. The third kappa shape index (κ3) is 3.35. The summed E-state index contributed by atoms with van der Waals surface area (Å²) in [6.45, 7) is 3.04. The molecule has 0 bridgehead atoms. The summed E-state index contributed by atoms with van der Waals surface area (Å²) >= 11 is 1.64. The monoisotopic (exact) mass is 380 g/mol. The third-order valence-electron chi connectivity index (χ3n) is 4.44. The van der Waals surface area contributed by atoms with Gasteiger partial charge in [0.25, 0.3) is 0 Å². The summed E-state index contributed by atoms with van der Waals surface area (Å²) in [5, 5.41) is 15.3. The number of carbonyl (C=O) groups is 1. The minimum atomic E-state index is -0.0432. The fourth-order valence-electron chi connectivity index (χ4n) is 3.17.